The molecule has 21 heavy (non-hydrogen) atoms. The molecule has 6 heteroatoms. The monoisotopic (exact) mass is 287 g/mol. The molecule has 0 saturated carbocycles. The molecule has 0 unspecified atom stereocenters. The van der Waals surface area contributed by atoms with Crippen LogP contribution in [0, 0.1) is 0 Å². The van der Waals surface area contributed by atoms with Crippen molar-refractivity contribution in [3.05, 3.63) is 42.0 Å². The summed E-state index contributed by atoms with van der Waals surface area (Å²) in [4.78, 5) is 14.1. The molecular formula is C15H21N5O. The Bertz CT molecular complexity index is 603. The molecule has 1 amide bonds. The van der Waals surface area contributed by atoms with Crippen molar-refractivity contribution in [2.24, 2.45) is 7.05 Å². The van der Waals surface area contributed by atoms with Gasteiger partial charge < -0.3 is 14.8 Å². The highest BCUT2D eigenvalue weighted by Gasteiger charge is 2.14. The highest BCUT2D eigenvalue weighted by molar-refractivity contribution is 5.79. The van der Waals surface area contributed by atoms with Crippen molar-refractivity contribution in [3.8, 4) is 0 Å². The van der Waals surface area contributed by atoms with Crippen LogP contribution in [-0.2, 0) is 18.3 Å². The molecule has 1 atom stereocenters. The number of nitrogens with one attached hydrogen (secondary N) is 1. The third-order valence-corrected chi connectivity index (χ3v) is 3.33. The summed E-state index contributed by atoms with van der Waals surface area (Å²) in [5, 5.41) is 10.8. The Labute approximate surface area is 124 Å². The van der Waals surface area contributed by atoms with Gasteiger partial charge in [-0.05, 0) is 24.6 Å². The zero-order valence-corrected chi connectivity index (χ0v) is 12.9. The summed E-state index contributed by atoms with van der Waals surface area (Å²) in [6.07, 6.45) is 1.98. The first-order valence-electron chi connectivity index (χ1n) is 6.87. The van der Waals surface area contributed by atoms with Gasteiger partial charge in [-0.15, -0.1) is 10.2 Å². The van der Waals surface area contributed by atoms with Crippen LogP contribution in [0.5, 0.6) is 0 Å². The van der Waals surface area contributed by atoms with Crippen molar-refractivity contribution in [1.29, 1.82) is 0 Å². The Morgan fingerprint density at radius 1 is 1.33 bits per heavy atom. The number of nitrogens with zero attached hydrogens (tertiary/aromatic N) is 4. The molecule has 0 aliphatic carbocycles. The van der Waals surface area contributed by atoms with E-state index < -0.39 is 0 Å². The summed E-state index contributed by atoms with van der Waals surface area (Å²) in [5.74, 6) is 0.717. The smallest absolute Gasteiger partial charge is 0.224 e. The highest BCUT2D eigenvalue weighted by Crippen LogP contribution is 2.13. The first-order chi connectivity index (χ1) is 9.97. The van der Waals surface area contributed by atoms with E-state index in [2.05, 4.69) is 15.5 Å². The van der Waals surface area contributed by atoms with Crippen LogP contribution in [0.15, 0.2) is 30.6 Å². The van der Waals surface area contributed by atoms with Gasteiger partial charge in [0, 0.05) is 26.8 Å². The fourth-order valence-corrected chi connectivity index (χ4v) is 2.14. The molecular weight excluding hydrogens is 266 g/mol. The number of hydrogen-bond donors (Lipinski definition) is 1. The Morgan fingerprint density at radius 3 is 2.52 bits per heavy atom. The predicted octanol–water partition coefficient (Wildman–Crippen LogP) is 1.30. The van der Waals surface area contributed by atoms with Gasteiger partial charge in [-0.1, -0.05) is 12.1 Å². The van der Waals surface area contributed by atoms with E-state index in [1.807, 2.05) is 57.2 Å². The lowest BCUT2D eigenvalue weighted by atomic mass is 10.1. The third-order valence-electron chi connectivity index (χ3n) is 3.33. The summed E-state index contributed by atoms with van der Waals surface area (Å²) in [6.45, 7) is 1.90. The van der Waals surface area contributed by atoms with E-state index in [4.69, 9.17) is 0 Å². The summed E-state index contributed by atoms with van der Waals surface area (Å²) >= 11 is 0. The molecule has 0 radical (unpaired) electrons. The molecule has 1 aromatic carbocycles. The van der Waals surface area contributed by atoms with E-state index in [1.54, 1.807) is 10.9 Å². The number of benzene rings is 1. The van der Waals surface area contributed by atoms with Crippen LogP contribution in [0.25, 0.3) is 0 Å². The fraction of sp³-hybridized carbons (Fsp3) is 0.400. The normalized spacial score (nSPS) is 12.0. The molecule has 6 nitrogen and oxygen atoms in total. The number of anilines is 1. The first-order valence-corrected chi connectivity index (χ1v) is 6.87. The second kappa shape index (κ2) is 6.39. The third kappa shape index (κ3) is 3.81. The van der Waals surface area contributed by atoms with Gasteiger partial charge in [0.15, 0.2) is 5.82 Å². The maximum Gasteiger partial charge on any atom is 0.224 e. The number of amides is 1. The highest BCUT2D eigenvalue weighted by atomic mass is 16.1. The van der Waals surface area contributed by atoms with Crippen molar-refractivity contribution < 1.29 is 4.79 Å². The van der Waals surface area contributed by atoms with Gasteiger partial charge in [0.1, 0.15) is 6.33 Å². The molecule has 1 aromatic heterocycles. The predicted molar refractivity (Wildman–Crippen MR) is 82.0 cm³/mol. The second-order valence-electron chi connectivity index (χ2n) is 5.33. The minimum atomic E-state index is -0.161. The summed E-state index contributed by atoms with van der Waals surface area (Å²) < 4.78 is 1.80. The fourth-order valence-electron chi connectivity index (χ4n) is 2.14. The van der Waals surface area contributed by atoms with Gasteiger partial charge >= 0.3 is 0 Å². The van der Waals surface area contributed by atoms with E-state index in [0.29, 0.717) is 6.42 Å². The van der Waals surface area contributed by atoms with Crippen molar-refractivity contribution in [3.63, 3.8) is 0 Å². The molecule has 0 fully saturated rings. The van der Waals surface area contributed by atoms with E-state index in [9.17, 15) is 4.79 Å². The Kier molecular flexibility index (Phi) is 4.57. The first kappa shape index (κ1) is 15.0. The molecule has 2 aromatic rings. The topological polar surface area (TPSA) is 63.1 Å². The molecule has 0 aliphatic heterocycles. The molecule has 1 N–H and O–H groups in total. The van der Waals surface area contributed by atoms with Gasteiger partial charge in [0.05, 0.1) is 12.5 Å². The molecule has 0 aliphatic rings. The summed E-state index contributed by atoms with van der Waals surface area (Å²) in [7, 11) is 5.84. The summed E-state index contributed by atoms with van der Waals surface area (Å²) in [6, 6.07) is 7.80. The van der Waals surface area contributed by atoms with Gasteiger partial charge in [0.2, 0.25) is 5.91 Å². The minimum Gasteiger partial charge on any atom is -0.378 e. The standard InChI is InChI=1S/C15H21N5O/c1-11(15-18-16-10-20(15)4)17-14(21)9-12-5-7-13(8-6-12)19(2)3/h5-8,10-11H,9H2,1-4H3,(H,17,21)/t11-/m0/s1. The minimum absolute atomic E-state index is 0.0249. The van der Waals surface area contributed by atoms with E-state index in [1.165, 1.54) is 0 Å². The number of carbonyl (C=O) groups is 1. The van der Waals surface area contributed by atoms with Crippen LogP contribution >= 0.6 is 0 Å². The SMILES string of the molecule is C[C@H](NC(=O)Cc1ccc(N(C)C)cc1)c1nncn1C. The number of carbonyl (C=O) groups excluding carboxylic acids is 1. The van der Waals surface area contributed by atoms with Gasteiger partial charge in [-0.25, -0.2) is 0 Å². The number of aryl methyl sites for hydroxylation is 1. The Balaban J connectivity index is 1.94. The van der Waals surface area contributed by atoms with E-state index >= 15 is 0 Å². The lowest BCUT2D eigenvalue weighted by Crippen LogP contribution is -2.29. The Morgan fingerprint density at radius 2 is 2.00 bits per heavy atom. The number of aromatic nitrogens is 3. The lowest BCUT2D eigenvalue weighted by molar-refractivity contribution is -0.121. The largest absolute Gasteiger partial charge is 0.378 e. The molecule has 0 spiro atoms. The molecule has 0 bridgehead atoms. The number of hydrogen-bond acceptors (Lipinski definition) is 4. The van der Waals surface area contributed by atoms with Crippen LogP contribution in [0.2, 0.25) is 0 Å². The molecule has 112 valence electrons. The van der Waals surface area contributed by atoms with E-state index in [0.717, 1.165) is 17.1 Å². The van der Waals surface area contributed by atoms with Crippen LogP contribution < -0.4 is 10.2 Å². The van der Waals surface area contributed by atoms with Gasteiger partial charge in [0.25, 0.3) is 0 Å². The summed E-state index contributed by atoms with van der Waals surface area (Å²) in [5.41, 5.74) is 2.11. The van der Waals surface area contributed by atoms with Gasteiger partial charge in [-0.2, -0.15) is 0 Å². The van der Waals surface area contributed by atoms with Crippen molar-refractivity contribution in [2.45, 2.75) is 19.4 Å². The van der Waals surface area contributed by atoms with Crippen molar-refractivity contribution in [2.75, 3.05) is 19.0 Å². The van der Waals surface area contributed by atoms with Crippen molar-refractivity contribution >= 4 is 11.6 Å². The zero-order chi connectivity index (χ0) is 15.4. The second-order valence-corrected chi connectivity index (χ2v) is 5.33. The average Bonchev–Trinajstić information content (AvgIpc) is 2.85. The van der Waals surface area contributed by atoms with Crippen LogP contribution in [0.4, 0.5) is 5.69 Å². The molecule has 0 saturated heterocycles. The maximum atomic E-state index is 12.1. The van der Waals surface area contributed by atoms with Crippen LogP contribution in [0.1, 0.15) is 24.4 Å². The number of rotatable bonds is 5. The quantitative estimate of drug-likeness (QED) is 0.900. The van der Waals surface area contributed by atoms with Crippen molar-refractivity contribution in [1.82, 2.24) is 20.1 Å². The average molecular weight is 287 g/mol. The molecule has 1 heterocycles. The van der Waals surface area contributed by atoms with Crippen LogP contribution in [0.3, 0.4) is 0 Å². The zero-order valence-electron chi connectivity index (χ0n) is 12.9. The lowest BCUT2D eigenvalue weighted by Gasteiger charge is -2.14. The molecule has 2 rings (SSSR count). The van der Waals surface area contributed by atoms with Crippen LogP contribution in [-0.4, -0.2) is 34.8 Å². The van der Waals surface area contributed by atoms with Gasteiger partial charge in [-0.3, -0.25) is 4.79 Å². The Hall–Kier alpha value is -2.37. The van der Waals surface area contributed by atoms with E-state index in [-0.39, 0.29) is 11.9 Å². The maximum absolute atomic E-state index is 12.1.